The van der Waals surface area contributed by atoms with Gasteiger partial charge in [0.15, 0.2) is 5.56 Å². The highest BCUT2D eigenvalue weighted by molar-refractivity contribution is 6.05. The van der Waals surface area contributed by atoms with E-state index in [1.165, 1.54) is 16.8 Å². The van der Waals surface area contributed by atoms with Gasteiger partial charge < -0.3 is 20.1 Å². The van der Waals surface area contributed by atoms with E-state index in [4.69, 9.17) is 4.74 Å². The topological polar surface area (TPSA) is 131 Å². The Hall–Kier alpha value is -4.15. The molecule has 3 aromatic rings. The minimum Gasteiger partial charge on any atom is -0.494 e. The second kappa shape index (κ2) is 8.90. The first kappa shape index (κ1) is 22.6. The van der Waals surface area contributed by atoms with E-state index in [9.17, 15) is 19.5 Å². The average molecular weight is 479 g/mol. The normalized spacial score (nSPS) is 15.5. The Morgan fingerprint density at radius 3 is 2.89 bits per heavy atom. The molecule has 11 nitrogen and oxygen atoms in total. The Kier molecular flexibility index (Phi) is 5.75. The largest absolute Gasteiger partial charge is 0.494 e. The number of aromatic nitrogens is 4. The summed E-state index contributed by atoms with van der Waals surface area (Å²) in [6, 6.07) is 3.51. The maximum atomic E-state index is 13.1. The molecule has 0 atom stereocenters. The van der Waals surface area contributed by atoms with Gasteiger partial charge in [-0.05, 0) is 37.0 Å². The molecule has 0 unspecified atom stereocenters. The van der Waals surface area contributed by atoms with Crippen LogP contribution in [0.2, 0.25) is 0 Å². The molecule has 2 aliphatic rings. The van der Waals surface area contributed by atoms with Gasteiger partial charge in [0.25, 0.3) is 17.4 Å². The minimum atomic E-state index is -0.713. The fourth-order valence-corrected chi connectivity index (χ4v) is 4.08. The highest BCUT2D eigenvalue weighted by Gasteiger charge is 2.30. The Morgan fingerprint density at radius 2 is 2.14 bits per heavy atom. The standard InChI is InChI=1S/C24H26N6O5/c1-14(2)13-29-22-15(5-8-18(31)28-10-11-35-21-17(28)4-3-9-25-21)12-26-30(22)24(34)19(23(29)33)20(32)27-16-6-7-16/h3-5,8-9,12,14,16,33H,6-7,10-11,13H2,1-2H3,(H,27,32)/b8-5+. The van der Waals surface area contributed by atoms with Crippen LogP contribution in [0, 0.1) is 5.92 Å². The van der Waals surface area contributed by atoms with Crippen molar-refractivity contribution in [3.63, 3.8) is 0 Å². The molecule has 0 radical (unpaired) electrons. The molecule has 2 amide bonds. The summed E-state index contributed by atoms with van der Waals surface area (Å²) >= 11 is 0. The van der Waals surface area contributed by atoms with Crippen LogP contribution in [-0.2, 0) is 11.3 Å². The lowest BCUT2D eigenvalue weighted by atomic mass is 10.2. The van der Waals surface area contributed by atoms with Crippen LogP contribution >= 0.6 is 0 Å². The van der Waals surface area contributed by atoms with Gasteiger partial charge in [-0.2, -0.15) is 9.61 Å². The summed E-state index contributed by atoms with van der Waals surface area (Å²) in [7, 11) is 0. The van der Waals surface area contributed by atoms with E-state index in [0.717, 1.165) is 17.4 Å². The SMILES string of the molecule is CC(C)Cn1c(O)c(C(=O)NC2CC2)c(=O)n2ncc(/C=C/C(=O)N3CCOc4ncccc43)c12. The van der Waals surface area contributed by atoms with Crippen molar-refractivity contribution in [1.29, 1.82) is 0 Å². The summed E-state index contributed by atoms with van der Waals surface area (Å²) in [5, 5.41) is 17.9. The summed E-state index contributed by atoms with van der Waals surface area (Å²) in [5.41, 5.74) is 0.290. The Bertz CT molecular complexity index is 1400. The monoisotopic (exact) mass is 478 g/mol. The van der Waals surface area contributed by atoms with Gasteiger partial charge in [-0.25, -0.2) is 4.98 Å². The molecule has 0 aromatic carbocycles. The molecule has 11 heteroatoms. The number of aromatic hydroxyl groups is 1. The molecule has 5 rings (SSSR count). The number of nitrogens with one attached hydrogen (secondary N) is 1. The van der Waals surface area contributed by atoms with Gasteiger partial charge in [-0.3, -0.25) is 19.0 Å². The predicted octanol–water partition coefficient (Wildman–Crippen LogP) is 1.58. The first-order valence-electron chi connectivity index (χ1n) is 11.6. The zero-order valence-corrected chi connectivity index (χ0v) is 19.5. The van der Waals surface area contributed by atoms with Crippen molar-refractivity contribution in [2.45, 2.75) is 39.3 Å². The summed E-state index contributed by atoms with van der Waals surface area (Å²) in [6.45, 7) is 4.94. The van der Waals surface area contributed by atoms with Crippen molar-refractivity contribution in [2.75, 3.05) is 18.1 Å². The fraction of sp³-hybridized carbons (Fsp3) is 0.375. The molecule has 3 aromatic heterocycles. The maximum Gasteiger partial charge on any atom is 0.291 e. The van der Waals surface area contributed by atoms with Crippen molar-refractivity contribution in [2.24, 2.45) is 5.92 Å². The zero-order chi connectivity index (χ0) is 24.7. The smallest absolute Gasteiger partial charge is 0.291 e. The molecule has 1 fully saturated rings. The number of pyridine rings is 1. The highest BCUT2D eigenvalue weighted by Crippen LogP contribution is 2.29. The number of amides is 2. The van der Waals surface area contributed by atoms with Crippen molar-refractivity contribution >= 4 is 29.2 Å². The van der Waals surface area contributed by atoms with Crippen LogP contribution in [0.3, 0.4) is 0 Å². The van der Waals surface area contributed by atoms with Crippen LogP contribution in [-0.4, -0.2) is 55.3 Å². The van der Waals surface area contributed by atoms with Crippen LogP contribution in [0.25, 0.3) is 11.7 Å². The van der Waals surface area contributed by atoms with Crippen LogP contribution < -0.4 is 20.5 Å². The third kappa shape index (κ3) is 4.25. The van der Waals surface area contributed by atoms with Crippen LogP contribution in [0.1, 0.15) is 42.6 Å². The minimum absolute atomic E-state index is 0.0261. The molecule has 182 valence electrons. The predicted molar refractivity (Wildman–Crippen MR) is 128 cm³/mol. The van der Waals surface area contributed by atoms with Gasteiger partial charge in [0, 0.05) is 30.4 Å². The molecule has 0 bridgehead atoms. The molecule has 0 saturated heterocycles. The van der Waals surface area contributed by atoms with Gasteiger partial charge in [-0.15, -0.1) is 0 Å². The lowest BCUT2D eigenvalue weighted by molar-refractivity contribution is -0.114. The van der Waals surface area contributed by atoms with Gasteiger partial charge in [0.2, 0.25) is 11.8 Å². The molecule has 1 saturated carbocycles. The molecule has 1 aliphatic carbocycles. The van der Waals surface area contributed by atoms with E-state index in [0.29, 0.717) is 42.5 Å². The lowest BCUT2D eigenvalue weighted by Gasteiger charge is -2.27. The summed E-state index contributed by atoms with van der Waals surface area (Å²) in [6.07, 6.45) is 7.67. The van der Waals surface area contributed by atoms with Crippen molar-refractivity contribution in [1.82, 2.24) is 24.5 Å². The highest BCUT2D eigenvalue weighted by atomic mass is 16.5. The zero-order valence-electron chi connectivity index (χ0n) is 19.5. The Balaban J connectivity index is 1.54. The van der Waals surface area contributed by atoms with Crippen molar-refractivity contribution in [3.8, 4) is 11.8 Å². The summed E-state index contributed by atoms with van der Waals surface area (Å²) < 4.78 is 8.11. The second-order valence-corrected chi connectivity index (χ2v) is 9.09. The maximum absolute atomic E-state index is 13.1. The quantitative estimate of drug-likeness (QED) is 0.514. The first-order chi connectivity index (χ1) is 16.8. The Morgan fingerprint density at radius 1 is 1.34 bits per heavy atom. The molecule has 2 N–H and O–H groups in total. The lowest BCUT2D eigenvalue weighted by Crippen LogP contribution is -2.37. The number of hydrogen-bond donors (Lipinski definition) is 2. The molecule has 4 heterocycles. The molecule has 0 spiro atoms. The number of anilines is 1. The van der Waals surface area contributed by atoms with E-state index < -0.39 is 17.3 Å². The molecule has 1 aliphatic heterocycles. The van der Waals surface area contributed by atoms with Crippen LogP contribution in [0.15, 0.2) is 35.4 Å². The van der Waals surface area contributed by atoms with Crippen molar-refractivity contribution in [3.05, 3.63) is 52.1 Å². The number of rotatable bonds is 6. The van der Waals surface area contributed by atoms with Gasteiger partial charge in [0.05, 0.1) is 12.7 Å². The van der Waals surface area contributed by atoms with Gasteiger partial charge in [-0.1, -0.05) is 13.8 Å². The van der Waals surface area contributed by atoms with E-state index >= 15 is 0 Å². The second-order valence-electron chi connectivity index (χ2n) is 9.09. The van der Waals surface area contributed by atoms with Crippen LogP contribution in [0.5, 0.6) is 11.8 Å². The molecule has 35 heavy (non-hydrogen) atoms. The van der Waals surface area contributed by atoms with Gasteiger partial charge >= 0.3 is 0 Å². The number of hydrogen-bond acceptors (Lipinski definition) is 7. The molecular weight excluding hydrogens is 452 g/mol. The number of carbonyl (C=O) groups is 2. The Labute approximate surface area is 200 Å². The molecular formula is C24H26N6O5. The fourth-order valence-electron chi connectivity index (χ4n) is 4.08. The van der Waals surface area contributed by atoms with E-state index in [1.807, 2.05) is 13.8 Å². The third-order valence-corrected chi connectivity index (χ3v) is 5.87. The van der Waals surface area contributed by atoms with E-state index in [-0.39, 0.29) is 23.4 Å². The number of fused-ring (bicyclic) bond motifs is 2. The van der Waals surface area contributed by atoms with E-state index in [2.05, 4.69) is 15.4 Å². The summed E-state index contributed by atoms with van der Waals surface area (Å²) in [4.78, 5) is 44.5. The number of carbonyl (C=O) groups excluding carboxylic acids is 2. The van der Waals surface area contributed by atoms with Crippen molar-refractivity contribution < 1.29 is 19.4 Å². The van der Waals surface area contributed by atoms with Gasteiger partial charge in [0.1, 0.15) is 17.9 Å². The third-order valence-electron chi connectivity index (χ3n) is 5.87. The van der Waals surface area contributed by atoms with E-state index in [1.54, 1.807) is 29.3 Å². The summed E-state index contributed by atoms with van der Waals surface area (Å²) in [5.74, 6) is -0.827. The number of nitrogens with zero attached hydrogens (tertiary/aromatic N) is 5. The van der Waals surface area contributed by atoms with Crippen LogP contribution in [0.4, 0.5) is 5.69 Å². The number of ether oxygens (including phenoxy) is 1. The average Bonchev–Trinajstić information content (AvgIpc) is 3.55. The first-order valence-corrected chi connectivity index (χ1v) is 11.6.